The van der Waals surface area contributed by atoms with Crippen LogP contribution in [-0.2, 0) is 14.3 Å². The number of hydrogen-bond acceptors (Lipinski definition) is 5. The predicted octanol–water partition coefficient (Wildman–Crippen LogP) is 3.04. The van der Waals surface area contributed by atoms with Crippen LogP contribution in [0.2, 0.25) is 0 Å². The number of esters is 1. The van der Waals surface area contributed by atoms with Crippen LogP contribution in [0.25, 0.3) is 0 Å². The molecule has 0 aliphatic heterocycles. The van der Waals surface area contributed by atoms with Crippen LogP contribution in [0.4, 0.5) is 10.1 Å². The van der Waals surface area contributed by atoms with Crippen molar-refractivity contribution >= 4 is 39.3 Å². The van der Waals surface area contributed by atoms with Crippen LogP contribution in [0, 0.1) is 5.82 Å². The lowest BCUT2D eigenvalue weighted by Crippen LogP contribution is -2.36. The molecule has 0 spiro atoms. The highest BCUT2D eigenvalue weighted by molar-refractivity contribution is 9.10. The molecule has 1 atom stereocenters. The van der Waals surface area contributed by atoms with Crippen LogP contribution >= 0.6 is 15.9 Å². The zero-order chi connectivity index (χ0) is 20.0. The number of carbonyl (C=O) groups excluding carboxylic acids is 3. The Bertz CT molecular complexity index is 873. The first-order valence-electron chi connectivity index (χ1n) is 8.05. The molecular weight excluding hydrogens is 419 g/mol. The molecule has 6 nitrogen and oxygen atoms in total. The monoisotopic (exact) mass is 436 g/mol. The first kappa shape index (κ1) is 20.7. The Hall–Kier alpha value is -2.58. The van der Waals surface area contributed by atoms with Crippen molar-refractivity contribution in [2.45, 2.75) is 18.9 Å². The molecule has 0 fully saturated rings. The molecule has 0 saturated heterocycles. The van der Waals surface area contributed by atoms with E-state index in [1.807, 2.05) is 0 Å². The fourth-order valence-corrected chi connectivity index (χ4v) is 2.70. The number of anilines is 1. The number of benzene rings is 2. The van der Waals surface area contributed by atoms with E-state index in [9.17, 15) is 18.8 Å². The van der Waals surface area contributed by atoms with Gasteiger partial charge >= 0.3 is 5.97 Å². The Morgan fingerprint density at radius 2 is 1.89 bits per heavy atom. The summed E-state index contributed by atoms with van der Waals surface area (Å²) in [6, 6.07) is 9.26. The van der Waals surface area contributed by atoms with Gasteiger partial charge in [-0.25, -0.2) is 4.39 Å². The molecule has 0 bridgehead atoms. The average molecular weight is 437 g/mol. The van der Waals surface area contributed by atoms with Crippen molar-refractivity contribution in [3.05, 3.63) is 63.9 Å². The van der Waals surface area contributed by atoms with Crippen molar-refractivity contribution in [3.8, 4) is 0 Å². The topological polar surface area (TPSA) is 98.5 Å². The number of nitrogens with two attached hydrogens (primary N) is 1. The van der Waals surface area contributed by atoms with Crippen LogP contribution in [0.1, 0.15) is 28.8 Å². The average Bonchev–Trinajstić information content (AvgIpc) is 2.66. The number of hydrogen-bond donors (Lipinski definition) is 2. The SMILES string of the molecule is COC(=O)CCC(N)C(=O)Nc1ccc(Br)cc1C(=O)c1ccccc1F. The number of methoxy groups -OCH3 is 1. The van der Waals surface area contributed by atoms with Crippen LogP contribution in [-0.4, -0.2) is 30.8 Å². The van der Waals surface area contributed by atoms with Gasteiger partial charge in [0.05, 0.1) is 24.4 Å². The summed E-state index contributed by atoms with van der Waals surface area (Å²) in [4.78, 5) is 36.2. The summed E-state index contributed by atoms with van der Waals surface area (Å²) in [5.74, 6) is -2.27. The molecule has 142 valence electrons. The minimum Gasteiger partial charge on any atom is -0.469 e. The Morgan fingerprint density at radius 1 is 1.19 bits per heavy atom. The maximum absolute atomic E-state index is 14.0. The van der Waals surface area contributed by atoms with E-state index < -0.39 is 29.5 Å². The minimum absolute atomic E-state index is 0.00750. The molecule has 1 amide bonds. The lowest BCUT2D eigenvalue weighted by molar-refractivity contribution is -0.140. The van der Waals surface area contributed by atoms with Gasteiger partial charge in [0.15, 0.2) is 5.78 Å². The maximum atomic E-state index is 14.0. The third-order valence-corrected chi connectivity index (χ3v) is 4.32. The Kier molecular flexibility index (Phi) is 7.20. The quantitative estimate of drug-likeness (QED) is 0.513. The van der Waals surface area contributed by atoms with Crippen molar-refractivity contribution in [1.82, 2.24) is 0 Å². The zero-order valence-corrected chi connectivity index (χ0v) is 16.1. The highest BCUT2D eigenvalue weighted by Crippen LogP contribution is 2.25. The van der Waals surface area contributed by atoms with E-state index in [1.165, 1.54) is 37.4 Å². The number of amides is 1. The number of rotatable bonds is 7. The van der Waals surface area contributed by atoms with Crippen molar-refractivity contribution in [2.24, 2.45) is 5.73 Å². The van der Waals surface area contributed by atoms with E-state index in [2.05, 4.69) is 26.0 Å². The first-order chi connectivity index (χ1) is 12.8. The second-order valence-corrected chi connectivity index (χ2v) is 6.63. The Labute approximate surface area is 164 Å². The molecule has 27 heavy (non-hydrogen) atoms. The minimum atomic E-state index is -0.968. The molecule has 2 rings (SSSR count). The van der Waals surface area contributed by atoms with Gasteiger partial charge in [0, 0.05) is 16.5 Å². The number of carbonyl (C=O) groups is 3. The molecule has 0 aliphatic rings. The molecule has 2 aromatic carbocycles. The van der Waals surface area contributed by atoms with Gasteiger partial charge in [0.1, 0.15) is 5.82 Å². The fraction of sp³-hybridized carbons (Fsp3) is 0.211. The van der Waals surface area contributed by atoms with Crippen LogP contribution < -0.4 is 11.1 Å². The first-order valence-corrected chi connectivity index (χ1v) is 8.84. The highest BCUT2D eigenvalue weighted by atomic mass is 79.9. The van der Waals surface area contributed by atoms with E-state index >= 15 is 0 Å². The van der Waals surface area contributed by atoms with Gasteiger partial charge in [-0.1, -0.05) is 28.1 Å². The number of halogens is 2. The fourth-order valence-electron chi connectivity index (χ4n) is 2.34. The third kappa shape index (κ3) is 5.45. The van der Waals surface area contributed by atoms with Crippen LogP contribution in [0.15, 0.2) is 46.9 Å². The molecule has 2 aromatic rings. The second-order valence-electron chi connectivity index (χ2n) is 5.71. The molecule has 0 aliphatic carbocycles. The zero-order valence-electron chi connectivity index (χ0n) is 14.5. The van der Waals surface area contributed by atoms with Crippen molar-refractivity contribution in [1.29, 1.82) is 0 Å². The van der Waals surface area contributed by atoms with Crippen LogP contribution in [0.3, 0.4) is 0 Å². The molecule has 0 saturated carbocycles. The number of ether oxygens (including phenoxy) is 1. The standard InChI is InChI=1S/C19H18BrFN2O4/c1-27-17(24)9-7-15(22)19(26)23-16-8-6-11(20)10-13(16)18(25)12-4-2-3-5-14(12)21/h2-6,8,10,15H,7,9,22H2,1H3,(H,23,26). The third-order valence-electron chi connectivity index (χ3n) is 3.83. The van der Waals surface area contributed by atoms with Crippen molar-refractivity contribution < 1.29 is 23.5 Å². The van der Waals surface area contributed by atoms with E-state index in [0.29, 0.717) is 4.47 Å². The second kappa shape index (κ2) is 9.38. The normalized spacial score (nSPS) is 11.6. The van der Waals surface area contributed by atoms with E-state index in [1.54, 1.807) is 12.1 Å². The maximum Gasteiger partial charge on any atom is 0.305 e. The Balaban J connectivity index is 2.23. The smallest absolute Gasteiger partial charge is 0.305 e. The summed E-state index contributed by atoms with van der Waals surface area (Å²) in [7, 11) is 1.25. The molecule has 0 heterocycles. The van der Waals surface area contributed by atoms with E-state index in [-0.39, 0.29) is 29.7 Å². The largest absolute Gasteiger partial charge is 0.469 e. The van der Waals surface area contributed by atoms with Gasteiger partial charge < -0.3 is 15.8 Å². The van der Waals surface area contributed by atoms with Crippen molar-refractivity contribution in [2.75, 3.05) is 12.4 Å². The highest BCUT2D eigenvalue weighted by Gasteiger charge is 2.21. The molecular formula is C19H18BrFN2O4. The van der Waals surface area contributed by atoms with Gasteiger partial charge in [0.2, 0.25) is 5.91 Å². The molecule has 0 radical (unpaired) electrons. The predicted molar refractivity (Wildman–Crippen MR) is 102 cm³/mol. The van der Waals surface area contributed by atoms with Gasteiger partial charge in [-0.15, -0.1) is 0 Å². The van der Waals surface area contributed by atoms with Gasteiger partial charge in [-0.05, 0) is 36.8 Å². The van der Waals surface area contributed by atoms with Gasteiger partial charge in [-0.2, -0.15) is 0 Å². The molecule has 8 heteroatoms. The number of nitrogens with one attached hydrogen (secondary N) is 1. The summed E-state index contributed by atoms with van der Waals surface area (Å²) in [5.41, 5.74) is 5.99. The number of ketones is 1. The van der Waals surface area contributed by atoms with Crippen molar-refractivity contribution in [3.63, 3.8) is 0 Å². The lowest BCUT2D eigenvalue weighted by Gasteiger charge is -2.15. The van der Waals surface area contributed by atoms with E-state index in [0.717, 1.165) is 0 Å². The molecule has 3 N–H and O–H groups in total. The Morgan fingerprint density at radius 3 is 2.56 bits per heavy atom. The summed E-state index contributed by atoms with van der Waals surface area (Å²) in [5, 5.41) is 2.57. The summed E-state index contributed by atoms with van der Waals surface area (Å²) in [6.07, 6.45) is 0.0814. The van der Waals surface area contributed by atoms with E-state index in [4.69, 9.17) is 5.73 Å². The molecule has 1 unspecified atom stereocenters. The van der Waals surface area contributed by atoms with Crippen LogP contribution in [0.5, 0.6) is 0 Å². The van der Waals surface area contributed by atoms with Gasteiger partial charge in [-0.3, -0.25) is 14.4 Å². The van der Waals surface area contributed by atoms with Gasteiger partial charge in [0.25, 0.3) is 0 Å². The summed E-state index contributed by atoms with van der Waals surface area (Å²) >= 11 is 3.26. The molecule has 0 aromatic heterocycles. The summed E-state index contributed by atoms with van der Waals surface area (Å²) < 4.78 is 19.1. The lowest BCUT2D eigenvalue weighted by atomic mass is 10.0. The summed E-state index contributed by atoms with van der Waals surface area (Å²) in [6.45, 7) is 0.